The van der Waals surface area contributed by atoms with Crippen molar-refractivity contribution in [2.45, 2.75) is 13.1 Å². The van der Waals surface area contributed by atoms with Crippen molar-refractivity contribution >= 4 is 15.9 Å². The molecule has 0 radical (unpaired) electrons. The SMILES string of the molecule is CS(=O)(=O)N(CC(=O)NCc1ccc(F)cc1)Cc1ccccc1F. The van der Waals surface area contributed by atoms with Crippen LogP contribution in [0.1, 0.15) is 11.1 Å². The van der Waals surface area contributed by atoms with Gasteiger partial charge in [-0.3, -0.25) is 4.79 Å². The topological polar surface area (TPSA) is 66.5 Å². The zero-order valence-electron chi connectivity index (χ0n) is 13.6. The molecule has 0 saturated carbocycles. The van der Waals surface area contributed by atoms with E-state index in [2.05, 4.69) is 5.32 Å². The third kappa shape index (κ3) is 5.91. The van der Waals surface area contributed by atoms with Crippen LogP contribution < -0.4 is 5.32 Å². The van der Waals surface area contributed by atoms with Gasteiger partial charge in [0.05, 0.1) is 12.8 Å². The molecular formula is C17H18F2N2O3S. The van der Waals surface area contributed by atoms with Crippen molar-refractivity contribution in [3.63, 3.8) is 0 Å². The Labute approximate surface area is 145 Å². The predicted octanol–water partition coefficient (Wildman–Crippen LogP) is 2.04. The van der Waals surface area contributed by atoms with Crippen LogP contribution in [0.25, 0.3) is 0 Å². The maximum absolute atomic E-state index is 13.7. The summed E-state index contributed by atoms with van der Waals surface area (Å²) in [6, 6.07) is 11.3. The number of nitrogens with zero attached hydrogens (tertiary/aromatic N) is 1. The van der Waals surface area contributed by atoms with Gasteiger partial charge in [0.2, 0.25) is 15.9 Å². The van der Waals surface area contributed by atoms with Crippen LogP contribution >= 0.6 is 0 Å². The second-order valence-corrected chi connectivity index (χ2v) is 7.51. The summed E-state index contributed by atoms with van der Waals surface area (Å²) in [6.45, 7) is -0.541. The molecule has 25 heavy (non-hydrogen) atoms. The number of rotatable bonds is 7. The molecule has 2 rings (SSSR count). The van der Waals surface area contributed by atoms with Crippen molar-refractivity contribution in [1.82, 2.24) is 9.62 Å². The van der Waals surface area contributed by atoms with Crippen molar-refractivity contribution in [3.8, 4) is 0 Å². The number of carbonyl (C=O) groups excluding carboxylic acids is 1. The Morgan fingerprint density at radius 1 is 1.08 bits per heavy atom. The van der Waals surface area contributed by atoms with Gasteiger partial charge < -0.3 is 5.32 Å². The number of amides is 1. The molecule has 5 nitrogen and oxygen atoms in total. The molecule has 0 fully saturated rings. The van der Waals surface area contributed by atoms with Crippen molar-refractivity contribution < 1.29 is 22.0 Å². The van der Waals surface area contributed by atoms with Gasteiger partial charge in [0.1, 0.15) is 11.6 Å². The Morgan fingerprint density at radius 2 is 1.72 bits per heavy atom. The summed E-state index contributed by atoms with van der Waals surface area (Å²) in [5.74, 6) is -1.46. The van der Waals surface area contributed by atoms with Gasteiger partial charge >= 0.3 is 0 Å². The van der Waals surface area contributed by atoms with Gasteiger partial charge in [0.15, 0.2) is 0 Å². The standard InChI is InChI=1S/C17H18F2N2O3S/c1-25(23,24)21(11-14-4-2-3-5-16(14)19)12-17(22)20-10-13-6-8-15(18)9-7-13/h2-9H,10-12H2,1H3,(H,20,22). The van der Waals surface area contributed by atoms with E-state index in [1.807, 2.05) is 0 Å². The minimum absolute atomic E-state index is 0.135. The van der Waals surface area contributed by atoms with E-state index in [1.165, 1.54) is 42.5 Å². The first-order valence-corrected chi connectivity index (χ1v) is 9.30. The van der Waals surface area contributed by atoms with Gasteiger partial charge in [-0.05, 0) is 23.8 Å². The fourth-order valence-electron chi connectivity index (χ4n) is 2.13. The quantitative estimate of drug-likeness (QED) is 0.813. The first-order chi connectivity index (χ1) is 11.8. The van der Waals surface area contributed by atoms with E-state index in [0.29, 0.717) is 5.56 Å². The lowest BCUT2D eigenvalue weighted by atomic mass is 10.2. The molecule has 0 aliphatic heterocycles. The lowest BCUT2D eigenvalue weighted by Gasteiger charge is -2.20. The molecule has 0 heterocycles. The molecule has 134 valence electrons. The molecule has 2 aromatic rings. The highest BCUT2D eigenvalue weighted by molar-refractivity contribution is 7.88. The van der Waals surface area contributed by atoms with Crippen molar-refractivity contribution in [1.29, 1.82) is 0 Å². The van der Waals surface area contributed by atoms with Crippen LogP contribution in [0, 0.1) is 11.6 Å². The normalized spacial score (nSPS) is 11.5. The van der Waals surface area contributed by atoms with E-state index < -0.39 is 28.3 Å². The van der Waals surface area contributed by atoms with Crippen LogP contribution in [-0.4, -0.2) is 31.4 Å². The fourth-order valence-corrected chi connectivity index (χ4v) is 2.85. The van der Waals surface area contributed by atoms with E-state index in [0.717, 1.165) is 10.6 Å². The molecule has 1 N–H and O–H groups in total. The fraction of sp³-hybridized carbons (Fsp3) is 0.235. The summed E-state index contributed by atoms with van der Waals surface area (Å²) >= 11 is 0. The van der Waals surface area contributed by atoms with E-state index in [9.17, 15) is 22.0 Å². The highest BCUT2D eigenvalue weighted by Gasteiger charge is 2.21. The number of benzene rings is 2. The van der Waals surface area contributed by atoms with Crippen LogP contribution in [-0.2, 0) is 27.9 Å². The minimum Gasteiger partial charge on any atom is -0.351 e. The lowest BCUT2D eigenvalue weighted by Crippen LogP contribution is -2.39. The Morgan fingerprint density at radius 3 is 2.32 bits per heavy atom. The van der Waals surface area contributed by atoms with Gasteiger partial charge in [-0.1, -0.05) is 30.3 Å². The molecule has 0 aliphatic rings. The predicted molar refractivity (Wildman–Crippen MR) is 89.9 cm³/mol. The number of carbonyl (C=O) groups is 1. The molecule has 2 aromatic carbocycles. The average molecular weight is 368 g/mol. The maximum Gasteiger partial charge on any atom is 0.235 e. The Balaban J connectivity index is 2.00. The summed E-state index contributed by atoms with van der Waals surface area (Å²) in [6.07, 6.45) is 0.959. The van der Waals surface area contributed by atoms with E-state index in [4.69, 9.17) is 0 Å². The molecule has 0 bridgehead atoms. The van der Waals surface area contributed by atoms with Gasteiger partial charge in [0.25, 0.3) is 0 Å². The van der Waals surface area contributed by atoms with E-state index >= 15 is 0 Å². The van der Waals surface area contributed by atoms with Crippen molar-refractivity contribution in [3.05, 3.63) is 71.3 Å². The smallest absolute Gasteiger partial charge is 0.235 e. The number of hydrogen-bond acceptors (Lipinski definition) is 3. The molecule has 0 spiro atoms. The second-order valence-electron chi connectivity index (χ2n) is 5.53. The van der Waals surface area contributed by atoms with E-state index in [-0.39, 0.29) is 24.5 Å². The first kappa shape index (κ1) is 19.0. The molecule has 1 amide bonds. The highest BCUT2D eigenvalue weighted by atomic mass is 32.2. The van der Waals surface area contributed by atoms with Crippen molar-refractivity contribution in [2.75, 3.05) is 12.8 Å². The lowest BCUT2D eigenvalue weighted by molar-refractivity contribution is -0.121. The molecule has 0 saturated heterocycles. The van der Waals surface area contributed by atoms with Crippen LogP contribution in [0.5, 0.6) is 0 Å². The molecule has 0 unspecified atom stereocenters. The van der Waals surface area contributed by atoms with Crippen LogP contribution in [0.2, 0.25) is 0 Å². The summed E-state index contributed by atoms with van der Waals surface area (Å²) in [4.78, 5) is 12.0. The summed E-state index contributed by atoms with van der Waals surface area (Å²) in [7, 11) is -3.71. The number of nitrogens with one attached hydrogen (secondary N) is 1. The second kappa shape index (κ2) is 8.17. The zero-order valence-corrected chi connectivity index (χ0v) is 14.4. The van der Waals surface area contributed by atoms with Crippen molar-refractivity contribution in [2.24, 2.45) is 0 Å². The first-order valence-electron chi connectivity index (χ1n) is 7.45. The third-order valence-electron chi connectivity index (χ3n) is 3.50. The molecular weight excluding hydrogens is 350 g/mol. The molecule has 0 aromatic heterocycles. The summed E-state index contributed by atoms with van der Waals surface area (Å²) < 4.78 is 51.2. The van der Waals surface area contributed by atoms with Gasteiger partial charge in [-0.2, -0.15) is 4.31 Å². The van der Waals surface area contributed by atoms with Gasteiger partial charge in [-0.25, -0.2) is 17.2 Å². The average Bonchev–Trinajstić information content (AvgIpc) is 2.55. The van der Waals surface area contributed by atoms with Gasteiger partial charge in [0, 0.05) is 18.7 Å². The number of halogens is 2. The third-order valence-corrected chi connectivity index (χ3v) is 4.69. The van der Waals surface area contributed by atoms with Gasteiger partial charge in [-0.15, -0.1) is 0 Å². The number of sulfonamides is 1. The molecule has 0 aliphatic carbocycles. The zero-order chi connectivity index (χ0) is 18.4. The monoisotopic (exact) mass is 368 g/mol. The van der Waals surface area contributed by atoms with Crippen LogP contribution in [0.4, 0.5) is 8.78 Å². The maximum atomic E-state index is 13.7. The molecule has 8 heteroatoms. The Bertz CT molecular complexity index is 839. The van der Waals surface area contributed by atoms with Crippen LogP contribution in [0.3, 0.4) is 0 Å². The summed E-state index contributed by atoms with van der Waals surface area (Å²) in [5, 5.41) is 2.56. The Kier molecular flexibility index (Phi) is 6.22. The Hall–Kier alpha value is -2.32. The highest BCUT2D eigenvalue weighted by Crippen LogP contribution is 2.12. The number of hydrogen-bond donors (Lipinski definition) is 1. The molecule has 0 atom stereocenters. The minimum atomic E-state index is -3.71. The largest absolute Gasteiger partial charge is 0.351 e. The van der Waals surface area contributed by atoms with Crippen LogP contribution in [0.15, 0.2) is 48.5 Å². The summed E-state index contributed by atoms with van der Waals surface area (Å²) in [5.41, 5.74) is 0.856. The van der Waals surface area contributed by atoms with E-state index in [1.54, 1.807) is 6.07 Å².